The zero-order valence-electron chi connectivity index (χ0n) is 68.5. The predicted octanol–water partition coefficient (Wildman–Crippen LogP) is 13.8. The monoisotopic (exact) mass is 1670 g/mol. The van der Waals surface area contributed by atoms with Crippen LogP contribution in [-0.2, 0) is 19.2 Å². The molecule has 4 N–H and O–H groups in total. The van der Waals surface area contributed by atoms with E-state index in [4.69, 9.17) is 78.8 Å². The number of halogens is 4. The molecule has 4 atom stereocenters. The average molecular weight is 1670 g/mol. The first-order valence-electron chi connectivity index (χ1n) is 39.2. The lowest BCUT2D eigenvalue weighted by atomic mass is 10.0. The van der Waals surface area contributed by atoms with Crippen LogP contribution in [0, 0.1) is 40.4 Å². The summed E-state index contributed by atoms with van der Waals surface area (Å²) in [5, 5.41) is 31.5. The highest BCUT2D eigenvalue weighted by atomic mass is 35.5. The summed E-state index contributed by atoms with van der Waals surface area (Å²) in [5.74, 6) is 2.52. The van der Waals surface area contributed by atoms with E-state index in [1.165, 1.54) is 24.6 Å². The first-order chi connectivity index (χ1) is 57.2. The van der Waals surface area contributed by atoms with Crippen LogP contribution in [0.3, 0.4) is 0 Å². The summed E-state index contributed by atoms with van der Waals surface area (Å²) in [6.07, 6.45) is 3.52. The third-order valence-corrected chi connectivity index (χ3v) is 21.9. The number of amides is 4. The highest BCUT2D eigenvalue weighted by molar-refractivity contribution is 6.30. The third-order valence-electron chi connectivity index (χ3n) is 21.4. The number of anilines is 4. The molecule has 4 amide bonds. The molecule has 32 heteroatoms. The van der Waals surface area contributed by atoms with Gasteiger partial charge in [-0.3, -0.25) is 19.2 Å². The Hall–Kier alpha value is -12.3. The van der Waals surface area contributed by atoms with Crippen molar-refractivity contribution in [3.63, 3.8) is 0 Å². The summed E-state index contributed by atoms with van der Waals surface area (Å²) in [6, 6.07) is 44.1. The molecule has 0 radical (unpaired) electrons. The highest BCUT2D eigenvalue weighted by Crippen LogP contribution is 2.42. The molecule has 4 fully saturated rings. The van der Waals surface area contributed by atoms with Gasteiger partial charge < -0.3 is 59.8 Å². The Morgan fingerprint density at radius 1 is 0.378 bits per heavy atom. The van der Waals surface area contributed by atoms with Crippen LogP contribution < -0.4 is 59.8 Å². The lowest BCUT2D eigenvalue weighted by Gasteiger charge is -2.20. The van der Waals surface area contributed by atoms with Crippen LogP contribution >= 0.6 is 34.8 Å². The van der Waals surface area contributed by atoms with Crippen molar-refractivity contribution in [2.75, 3.05) is 100 Å². The quantitative estimate of drug-likeness (QED) is 0.0659. The molecule has 4 aliphatic heterocycles. The fourth-order valence-corrected chi connectivity index (χ4v) is 16.7. The van der Waals surface area contributed by atoms with Crippen LogP contribution in [0.4, 0.5) is 27.1 Å². The minimum Gasteiger partial charge on any atom is -0.497 e. The average Bonchev–Trinajstić information content (AvgIpc) is 1.62. The van der Waals surface area contributed by atoms with Crippen molar-refractivity contribution >= 4 is 104 Å². The number of hydrogen-bond acceptors (Lipinski definition) is 20. The zero-order valence-corrected chi connectivity index (χ0v) is 70.8. The van der Waals surface area contributed by atoms with Gasteiger partial charge in [0.1, 0.15) is 23.0 Å². The Morgan fingerprint density at radius 3 is 1.14 bits per heavy atom. The van der Waals surface area contributed by atoms with Gasteiger partial charge in [-0.2, -0.15) is 20.4 Å². The minimum absolute atomic E-state index is 0.00360. The number of nitrogens with one attached hydrogen (secondary N) is 4. The molecular formula is C87H94Cl3FN20O8. The van der Waals surface area contributed by atoms with Gasteiger partial charge in [0.15, 0.2) is 49.5 Å². The summed E-state index contributed by atoms with van der Waals surface area (Å²) >= 11 is 19.0. The van der Waals surface area contributed by atoms with E-state index < -0.39 is 0 Å². The van der Waals surface area contributed by atoms with Gasteiger partial charge in [-0.15, -0.1) is 0 Å². The van der Waals surface area contributed by atoms with Crippen molar-refractivity contribution in [1.29, 1.82) is 0 Å². The summed E-state index contributed by atoms with van der Waals surface area (Å²) in [5.41, 5.74) is 20.3. The zero-order chi connectivity index (χ0) is 84.2. The van der Waals surface area contributed by atoms with Gasteiger partial charge in [0, 0.05) is 150 Å². The first kappa shape index (κ1) is 83.2. The number of carbonyl (C=O) groups is 4. The predicted molar refractivity (Wildman–Crippen MR) is 462 cm³/mol. The molecular weight excluding hydrogens is 1580 g/mol. The lowest BCUT2D eigenvalue weighted by molar-refractivity contribution is -0.120. The van der Waals surface area contributed by atoms with Crippen molar-refractivity contribution in [2.24, 2.45) is 0 Å². The smallest absolute Gasteiger partial charge is 0.217 e. The number of rotatable bonds is 17. The van der Waals surface area contributed by atoms with Crippen LogP contribution in [0.1, 0.15) is 81.7 Å². The minimum atomic E-state index is -0.294. The second kappa shape index (κ2) is 35.9. The SMILES string of the molecule is CC(=O)N[C@@H]1CCN(c2cc(Cl)nn3c(-c4ccc(F)cc4)c(C)nc23)C1.COc1ccc(-c2c(-c3ccc(C)cc3)nc3c(N4CC[C@@H](NC(C)=O)C4)cc(C)nn23)cc1OC.COc1ccc(-c2c(C)nc3c(N4CC[C@@H](NC(C)=O)C4)cc(Cl)nn23)cc1.COc1cccc(-c2c(C)nc3c(N4CC[C@@H](NC(C)=O)C4)cc(Cl)nn23)c1. The normalized spacial score (nSPS) is 16.3. The van der Waals surface area contributed by atoms with E-state index in [0.717, 1.165) is 202 Å². The summed E-state index contributed by atoms with van der Waals surface area (Å²) in [6.45, 7) is 22.2. The first-order valence-corrected chi connectivity index (χ1v) is 40.4. The van der Waals surface area contributed by atoms with Crippen molar-refractivity contribution in [1.82, 2.24) is 79.7 Å². The van der Waals surface area contributed by atoms with Gasteiger partial charge in [0.2, 0.25) is 23.6 Å². The molecule has 0 saturated carbocycles. The molecule has 12 heterocycles. The molecule has 4 saturated heterocycles. The van der Waals surface area contributed by atoms with Crippen LogP contribution in [0.25, 0.3) is 78.9 Å². The largest absolute Gasteiger partial charge is 0.497 e. The molecule has 8 aromatic heterocycles. The second-order valence-corrected chi connectivity index (χ2v) is 31.2. The summed E-state index contributed by atoms with van der Waals surface area (Å²) in [7, 11) is 6.56. The molecule has 618 valence electrons. The topological polar surface area (TPSA) is 287 Å². The van der Waals surface area contributed by atoms with Gasteiger partial charge in [-0.1, -0.05) is 76.8 Å². The number of methoxy groups -OCH3 is 4. The standard InChI is InChI=1S/C28H31N5O3.2C20H22ClN5O2.C19H19ClFN5O/c1-17-6-8-20(9-7-17)26-27(21-10-11-24(35-4)25(15-21)36-5)33-28(30-26)23(14-18(2)31-33)32-13-12-22(16-32)29-19(3)34;1-12-19(14-4-6-16(28-3)7-5-14)26-20(22-12)17(10-18(21)24-26)25-9-8-15(11-25)23-13(2)27;1-12-19(14-5-4-6-16(9-14)28-3)26-20(22-12)17(10-18(21)24-26)25-8-7-15(11-25)23-13(2)27;1-11-18(13-3-5-14(21)6-4-13)26-19(22-11)16(9-17(20)24-26)25-8-7-15(10-25)23-12(2)27/h6-11,14-15,22H,12-13,16H2,1-5H3,(H,29,34);4-7,10,15H,8-9,11H2,1-3H3,(H,23,27);4-6,9-10,15H,7-8,11H2,1-3H3,(H,23,27);3-6,9,15H,7-8,10H2,1-2H3,(H,23,27)/t22-;3*15-/m1111/s1. The van der Waals surface area contributed by atoms with E-state index in [1.807, 2.05) is 111 Å². The van der Waals surface area contributed by atoms with Crippen molar-refractivity contribution in [3.05, 3.63) is 189 Å². The van der Waals surface area contributed by atoms with E-state index in [9.17, 15) is 23.6 Å². The number of benzene rings is 5. The molecule has 0 spiro atoms. The molecule has 17 rings (SSSR count). The number of hydrogen-bond donors (Lipinski definition) is 4. The van der Waals surface area contributed by atoms with E-state index in [2.05, 4.69) is 93.4 Å². The fourth-order valence-electron chi connectivity index (χ4n) is 16.1. The maximum Gasteiger partial charge on any atom is 0.217 e. The van der Waals surface area contributed by atoms with Crippen LogP contribution in [0.15, 0.2) is 140 Å². The van der Waals surface area contributed by atoms with Crippen LogP contribution in [0.5, 0.6) is 23.0 Å². The number of imidazole rings is 4. The number of ether oxygens (including phenoxy) is 4. The number of carbonyl (C=O) groups excluding carboxylic acids is 4. The van der Waals surface area contributed by atoms with Gasteiger partial charge in [-0.25, -0.2) is 42.4 Å². The Bertz CT molecular complexity index is 5960. The fraction of sp³-hybridized carbons (Fsp3) is 0.333. The van der Waals surface area contributed by atoms with Gasteiger partial charge >= 0.3 is 0 Å². The molecule has 28 nitrogen and oxygen atoms in total. The van der Waals surface area contributed by atoms with Gasteiger partial charge in [0.05, 0.1) is 96.7 Å². The van der Waals surface area contributed by atoms with Crippen molar-refractivity contribution < 1.29 is 42.5 Å². The Kier molecular flexibility index (Phi) is 25.1. The van der Waals surface area contributed by atoms with E-state index >= 15 is 0 Å². The Labute approximate surface area is 702 Å². The van der Waals surface area contributed by atoms with Crippen molar-refractivity contribution in [3.8, 4) is 79.3 Å². The van der Waals surface area contributed by atoms with E-state index in [-0.39, 0.29) is 53.6 Å². The Balaban J connectivity index is 0.000000131. The molecule has 0 unspecified atom stereocenters. The maximum atomic E-state index is 13.3. The summed E-state index contributed by atoms with van der Waals surface area (Å²) in [4.78, 5) is 74.0. The van der Waals surface area contributed by atoms with Crippen LogP contribution in [-0.4, -0.2) is 187 Å². The molecule has 4 aliphatic rings. The number of fused-ring (bicyclic) bond motifs is 4. The van der Waals surface area contributed by atoms with E-state index in [0.29, 0.717) is 39.2 Å². The number of aryl methyl sites for hydroxylation is 5. The highest BCUT2D eigenvalue weighted by Gasteiger charge is 2.33. The molecule has 119 heavy (non-hydrogen) atoms. The van der Waals surface area contributed by atoms with E-state index in [1.54, 1.807) is 81.0 Å². The maximum absolute atomic E-state index is 13.3. The molecule has 0 aliphatic carbocycles. The molecule has 5 aromatic carbocycles. The number of nitrogens with zero attached hydrogens (tertiary/aromatic N) is 16. The van der Waals surface area contributed by atoms with Crippen LogP contribution in [0.2, 0.25) is 15.5 Å². The number of aromatic nitrogens is 12. The van der Waals surface area contributed by atoms with Crippen molar-refractivity contribution in [2.45, 2.75) is 112 Å². The Morgan fingerprint density at radius 2 is 0.739 bits per heavy atom. The van der Waals surface area contributed by atoms with Gasteiger partial charge in [0.25, 0.3) is 0 Å². The second-order valence-electron chi connectivity index (χ2n) is 30.0. The molecule has 13 aromatic rings. The van der Waals surface area contributed by atoms with Gasteiger partial charge in [-0.05, 0) is 145 Å². The lowest BCUT2D eigenvalue weighted by Crippen LogP contribution is -2.35. The molecule has 0 bridgehead atoms. The third kappa shape index (κ3) is 18.4. The summed E-state index contributed by atoms with van der Waals surface area (Å²) < 4.78 is 42.2.